The molecule has 152 valence electrons. The second kappa shape index (κ2) is 7.90. The molecule has 3 atom stereocenters. The molecule has 0 N–H and O–H groups in total. The van der Waals surface area contributed by atoms with Gasteiger partial charge in [0.1, 0.15) is 6.04 Å². The van der Waals surface area contributed by atoms with Crippen LogP contribution >= 0.6 is 11.8 Å². The summed E-state index contributed by atoms with van der Waals surface area (Å²) in [7, 11) is 3.00. The maximum atomic E-state index is 12.0. The molecule has 0 saturated carbocycles. The molecular weight excluding hydrogens is 392 g/mol. The molecule has 8 nitrogen and oxygen atoms in total. The predicted octanol–water partition coefficient (Wildman–Crippen LogP) is 3.99. The highest BCUT2D eigenvalue weighted by Gasteiger charge is 2.47. The van der Waals surface area contributed by atoms with Crippen LogP contribution in [0.3, 0.4) is 0 Å². The SMILES string of the molecule is CC[C@H]1CSC2=N[C@@H](c3ccccn3)[C@@H](c3cc(OC)c(OC)cc3[N+](=O)[O-])N21. The molecule has 9 heteroatoms. The topological polar surface area (TPSA) is 90.1 Å². The van der Waals surface area contributed by atoms with E-state index in [9.17, 15) is 10.1 Å². The normalized spacial score (nSPS) is 22.9. The van der Waals surface area contributed by atoms with E-state index < -0.39 is 0 Å². The standard InChI is InChI=1S/C20H22N4O4S/c1-4-12-11-29-20-22-18(14-7-5-6-8-21-14)19(23(12)20)13-9-16(27-2)17(28-3)10-15(13)24(25)26/h5-10,12,18-19H,4,11H2,1-3H3/t12-,18-,19+/m0/s1. The average molecular weight is 414 g/mol. The van der Waals surface area contributed by atoms with Crippen LogP contribution in [0.5, 0.6) is 11.5 Å². The van der Waals surface area contributed by atoms with Gasteiger partial charge in [0.05, 0.1) is 42.5 Å². The van der Waals surface area contributed by atoms with Crippen molar-refractivity contribution in [3.63, 3.8) is 0 Å². The fraction of sp³-hybridized carbons (Fsp3) is 0.400. The van der Waals surface area contributed by atoms with Crippen LogP contribution in [-0.2, 0) is 0 Å². The molecule has 0 bridgehead atoms. The zero-order chi connectivity index (χ0) is 20.5. The Morgan fingerprint density at radius 3 is 2.66 bits per heavy atom. The number of aromatic nitrogens is 1. The number of nitro benzene ring substituents is 1. The van der Waals surface area contributed by atoms with Gasteiger partial charge in [-0.3, -0.25) is 20.1 Å². The number of amidine groups is 1. The Hall–Kier alpha value is -2.81. The smallest absolute Gasteiger partial charge is 0.278 e. The monoisotopic (exact) mass is 414 g/mol. The number of benzene rings is 1. The maximum absolute atomic E-state index is 12.0. The summed E-state index contributed by atoms with van der Waals surface area (Å²) >= 11 is 1.70. The summed E-state index contributed by atoms with van der Waals surface area (Å²) in [6.45, 7) is 2.13. The highest BCUT2D eigenvalue weighted by atomic mass is 32.2. The van der Waals surface area contributed by atoms with E-state index in [1.807, 2.05) is 18.2 Å². The number of ether oxygens (including phenoxy) is 2. The van der Waals surface area contributed by atoms with Crippen molar-refractivity contribution in [1.29, 1.82) is 0 Å². The van der Waals surface area contributed by atoms with Gasteiger partial charge >= 0.3 is 0 Å². The molecular formula is C20H22N4O4S. The van der Waals surface area contributed by atoms with Crippen LogP contribution in [0.4, 0.5) is 5.69 Å². The number of nitrogens with zero attached hydrogens (tertiary/aromatic N) is 4. The van der Waals surface area contributed by atoms with Gasteiger partial charge in [-0.2, -0.15) is 0 Å². The number of fused-ring (bicyclic) bond motifs is 1. The molecule has 2 aliphatic heterocycles. The second-order valence-electron chi connectivity index (χ2n) is 6.86. The van der Waals surface area contributed by atoms with Crippen LogP contribution in [-0.4, -0.2) is 46.0 Å². The number of hydrogen-bond acceptors (Lipinski definition) is 8. The molecule has 0 amide bonds. The minimum absolute atomic E-state index is 0.00298. The van der Waals surface area contributed by atoms with E-state index in [2.05, 4.69) is 16.8 Å². The molecule has 29 heavy (non-hydrogen) atoms. The Bertz CT molecular complexity index is 953. The summed E-state index contributed by atoms with van der Waals surface area (Å²) < 4.78 is 10.7. The van der Waals surface area contributed by atoms with E-state index in [-0.39, 0.29) is 28.7 Å². The van der Waals surface area contributed by atoms with Gasteiger partial charge in [0.25, 0.3) is 5.69 Å². The van der Waals surface area contributed by atoms with Gasteiger partial charge in [0.15, 0.2) is 16.7 Å². The largest absolute Gasteiger partial charge is 0.493 e. The number of nitro groups is 1. The van der Waals surface area contributed by atoms with Gasteiger partial charge in [-0.1, -0.05) is 24.8 Å². The van der Waals surface area contributed by atoms with Gasteiger partial charge in [0.2, 0.25) is 0 Å². The quantitative estimate of drug-likeness (QED) is 0.521. The summed E-state index contributed by atoms with van der Waals surface area (Å²) in [4.78, 5) is 23.2. The molecule has 0 radical (unpaired) electrons. The molecule has 0 unspecified atom stereocenters. The molecule has 3 heterocycles. The van der Waals surface area contributed by atoms with Crippen molar-refractivity contribution in [3.8, 4) is 11.5 Å². The molecule has 1 aromatic carbocycles. The van der Waals surface area contributed by atoms with E-state index in [0.717, 1.165) is 23.0 Å². The minimum Gasteiger partial charge on any atom is -0.493 e. The summed E-state index contributed by atoms with van der Waals surface area (Å²) in [5, 5.41) is 12.9. The highest BCUT2D eigenvalue weighted by Crippen LogP contribution is 2.52. The molecule has 0 spiro atoms. The van der Waals surface area contributed by atoms with E-state index >= 15 is 0 Å². The maximum Gasteiger partial charge on any atom is 0.278 e. The van der Waals surface area contributed by atoms with Gasteiger partial charge in [0, 0.05) is 18.0 Å². The van der Waals surface area contributed by atoms with Crippen molar-refractivity contribution in [1.82, 2.24) is 9.88 Å². The van der Waals surface area contributed by atoms with Crippen LogP contribution < -0.4 is 9.47 Å². The lowest BCUT2D eigenvalue weighted by Crippen LogP contribution is -2.35. The fourth-order valence-electron chi connectivity index (χ4n) is 3.97. The molecule has 2 aromatic rings. The van der Waals surface area contributed by atoms with Crippen LogP contribution in [0.15, 0.2) is 41.5 Å². The molecule has 4 rings (SSSR count). The van der Waals surface area contributed by atoms with Crippen LogP contribution in [0, 0.1) is 10.1 Å². The number of rotatable bonds is 6. The Morgan fingerprint density at radius 1 is 1.28 bits per heavy atom. The van der Waals surface area contributed by atoms with Gasteiger partial charge < -0.3 is 14.4 Å². The number of methoxy groups -OCH3 is 2. The minimum atomic E-state index is -0.366. The number of pyridine rings is 1. The lowest BCUT2D eigenvalue weighted by Gasteiger charge is -2.31. The summed E-state index contributed by atoms with van der Waals surface area (Å²) in [5.74, 6) is 1.71. The number of hydrogen-bond donors (Lipinski definition) is 0. The van der Waals surface area contributed by atoms with E-state index in [4.69, 9.17) is 14.5 Å². The molecule has 2 aliphatic rings. The van der Waals surface area contributed by atoms with Crippen molar-refractivity contribution in [2.45, 2.75) is 31.5 Å². The van der Waals surface area contributed by atoms with Crippen molar-refractivity contribution in [3.05, 3.63) is 57.9 Å². The average Bonchev–Trinajstić information content (AvgIpc) is 3.32. The van der Waals surface area contributed by atoms with Gasteiger partial charge in [-0.25, -0.2) is 0 Å². The molecule has 0 aliphatic carbocycles. The third-order valence-electron chi connectivity index (χ3n) is 5.38. The van der Waals surface area contributed by atoms with E-state index in [1.54, 1.807) is 24.0 Å². The highest BCUT2D eigenvalue weighted by molar-refractivity contribution is 8.14. The van der Waals surface area contributed by atoms with Crippen molar-refractivity contribution in [2.24, 2.45) is 4.99 Å². The molecule has 1 aromatic heterocycles. The third kappa shape index (κ3) is 3.29. The van der Waals surface area contributed by atoms with Crippen LogP contribution in [0.25, 0.3) is 0 Å². The number of aliphatic imine (C=N–C) groups is 1. The second-order valence-corrected chi connectivity index (χ2v) is 7.85. The van der Waals surface area contributed by atoms with E-state index in [0.29, 0.717) is 17.1 Å². The fourth-order valence-corrected chi connectivity index (χ4v) is 5.30. The van der Waals surface area contributed by atoms with Crippen molar-refractivity contribution < 1.29 is 14.4 Å². The predicted molar refractivity (Wildman–Crippen MR) is 112 cm³/mol. The van der Waals surface area contributed by atoms with Crippen molar-refractivity contribution in [2.75, 3.05) is 20.0 Å². The molecule has 1 fully saturated rings. The summed E-state index contributed by atoms with van der Waals surface area (Å²) in [5.41, 5.74) is 1.35. The lowest BCUT2D eigenvalue weighted by atomic mass is 9.93. The first-order valence-electron chi connectivity index (χ1n) is 9.39. The van der Waals surface area contributed by atoms with Gasteiger partial charge in [-0.05, 0) is 24.6 Å². The van der Waals surface area contributed by atoms with E-state index in [1.165, 1.54) is 20.3 Å². The molecule has 1 saturated heterocycles. The van der Waals surface area contributed by atoms with Gasteiger partial charge in [-0.15, -0.1) is 0 Å². The zero-order valence-electron chi connectivity index (χ0n) is 16.4. The zero-order valence-corrected chi connectivity index (χ0v) is 17.3. The lowest BCUT2D eigenvalue weighted by molar-refractivity contribution is -0.386. The van der Waals surface area contributed by atoms with Crippen LogP contribution in [0.1, 0.15) is 36.7 Å². The Kier molecular flexibility index (Phi) is 5.31. The van der Waals surface area contributed by atoms with Crippen molar-refractivity contribution >= 4 is 22.6 Å². The Morgan fingerprint density at radius 2 is 2.03 bits per heavy atom. The number of thioether (sulfide) groups is 1. The summed E-state index contributed by atoms with van der Waals surface area (Å²) in [6.07, 6.45) is 2.65. The Labute approximate surface area is 173 Å². The van der Waals surface area contributed by atoms with Crippen LogP contribution in [0.2, 0.25) is 0 Å². The third-order valence-corrected chi connectivity index (χ3v) is 6.50. The summed E-state index contributed by atoms with van der Waals surface area (Å²) in [6, 6.07) is 8.43. The first-order valence-corrected chi connectivity index (χ1v) is 10.4. The first kappa shape index (κ1) is 19.5. The first-order chi connectivity index (χ1) is 14.1. The Balaban J connectivity index is 1.91.